The molecule has 2 rings (SSSR count). The Bertz CT molecular complexity index is 515. The number of hydrogen-bond donors (Lipinski definition) is 2. The zero-order valence-corrected chi connectivity index (χ0v) is 15.1. The van der Waals surface area contributed by atoms with Crippen LogP contribution in [-0.2, 0) is 11.3 Å². The van der Waals surface area contributed by atoms with Crippen LogP contribution < -0.4 is 10.6 Å². The van der Waals surface area contributed by atoms with Gasteiger partial charge in [-0.1, -0.05) is 0 Å². The van der Waals surface area contributed by atoms with Crippen LogP contribution in [0.3, 0.4) is 0 Å². The smallest absolute Gasteiger partial charge is 0.407 e. The van der Waals surface area contributed by atoms with Crippen LogP contribution in [0.5, 0.6) is 0 Å². The first-order chi connectivity index (χ1) is 10.2. The van der Waals surface area contributed by atoms with Gasteiger partial charge in [-0.05, 0) is 65.0 Å². The summed E-state index contributed by atoms with van der Waals surface area (Å²) in [5.74, 6) is 0.676. The number of rotatable bonds is 6. The third-order valence-electron chi connectivity index (χ3n) is 3.75. The molecule has 0 bridgehead atoms. The number of amides is 1. The maximum absolute atomic E-state index is 11.8. The molecule has 4 nitrogen and oxygen atoms in total. The van der Waals surface area contributed by atoms with E-state index in [0.29, 0.717) is 18.5 Å². The highest BCUT2D eigenvalue weighted by Crippen LogP contribution is 2.32. The molecule has 1 aromatic heterocycles. The van der Waals surface area contributed by atoms with E-state index in [1.807, 2.05) is 32.1 Å². The minimum Gasteiger partial charge on any atom is -0.444 e. The SMILES string of the molecule is Cc1cc(CNC(CNC(=O)OC(C)(C)C)C2CC2)c(C)s1. The van der Waals surface area contributed by atoms with Gasteiger partial charge in [0.15, 0.2) is 0 Å². The number of carbonyl (C=O) groups is 1. The molecule has 22 heavy (non-hydrogen) atoms. The summed E-state index contributed by atoms with van der Waals surface area (Å²) in [5, 5.41) is 6.50. The minimum absolute atomic E-state index is 0.326. The average Bonchev–Trinajstić information content (AvgIpc) is 3.14. The molecule has 1 heterocycles. The average molecular weight is 324 g/mol. The van der Waals surface area contributed by atoms with Crippen LogP contribution in [-0.4, -0.2) is 24.3 Å². The van der Waals surface area contributed by atoms with Crippen LogP contribution in [0.15, 0.2) is 6.07 Å². The van der Waals surface area contributed by atoms with Gasteiger partial charge >= 0.3 is 6.09 Å². The van der Waals surface area contributed by atoms with Gasteiger partial charge in [-0.3, -0.25) is 0 Å². The van der Waals surface area contributed by atoms with Gasteiger partial charge in [0.1, 0.15) is 5.60 Å². The molecule has 1 unspecified atom stereocenters. The van der Waals surface area contributed by atoms with Crippen LogP contribution in [0.25, 0.3) is 0 Å². The predicted octanol–water partition coefficient (Wildman–Crippen LogP) is 3.76. The molecule has 5 heteroatoms. The molecule has 0 radical (unpaired) electrons. The zero-order valence-electron chi connectivity index (χ0n) is 14.3. The maximum atomic E-state index is 11.8. The van der Waals surface area contributed by atoms with E-state index in [1.54, 1.807) is 0 Å². The lowest BCUT2D eigenvalue weighted by molar-refractivity contribution is 0.0521. The van der Waals surface area contributed by atoms with Gasteiger partial charge in [-0.25, -0.2) is 4.79 Å². The fourth-order valence-electron chi connectivity index (χ4n) is 2.51. The molecule has 1 amide bonds. The highest BCUT2D eigenvalue weighted by Gasteiger charge is 2.31. The van der Waals surface area contributed by atoms with E-state index in [0.717, 1.165) is 6.54 Å². The highest BCUT2D eigenvalue weighted by molar-refractivity contribution is 7.12. The Balaban J connectivity index is 1.81. The van der Waals surface area contributed by atoms with Crippen molar-refractivity contribution in [3.05, 3.63) is 21.4 Å². The van der Waals surface area contributed by atoms with Gasteiger partial charge in [0.2, 0.25) is 0 Å². The molecule has 1 fully saturated rings. The Kier molecular flexibility index (Phi) is 5.50. The summed E-state index contributed by atoms with van der Waals surface area (Å²) < 4.78 is 5.30. The van der Waals surface area contributed by atoms with E-state index < -0.39 is 5.60 Å². The quantitative estimate of drug-likeness (QED) is 0.838. The first-order valence-corrected chi connectivity index (χ1v) is 8.82. The van der Waals surface area contributed by atoms with Crippen LogP contribution in [0, 0.1) is 19.8 Å². The molecule has 124 valence electrons. The Labute approximate surface area is 137 Å². The Morgan fingerprint density at radius 3 is 2.59 bits per heavy atom. The van der Waals surface area contributed by atoms with Crippen molar-refractivity contribution in [2.24, 2.45) is 5.92 Å². The standard InChI is InChI=1S/C17H28N2O2S/c1-11-8-14(12(2)22-11)9-18-15(13-6-7-13)10-19-16(20)21-17(3,4)5/h8,13,15,18H,6-7,9-10H2,1-5H3,(H,19,20). The molecule has 1 atom stereocenters. The van der Waals surface area contributed by atoms with E-state index in [2.05, 4.69) is 30.5 Å². The molecule has 2 N–H and O–H groups in total. The molecule has 1 aromatic rings. The topological polar surface area (TPSA) is 50.4 Å². The predicted molar refractivity (Wildman–Crippen MR) is 91.4 cm³/mol. The van der Waals surface area contributed by atoms with Crippen LogP contribution >= 0.6 is 11.3 Å². The third kappa shape index (κ3) is 5.61. The number of alkyl carbamates (subject to hydrolysis) is 1. The van der Waals surface area contributed by atoms with E-state index in [9.17, 15) is 4.79 Å². The monoisotopic (exact) mass is 324 g/mol. The molecule has 0 saturated heterocycles. The van der Waals surface area contributed by atoms with Crippen molar-refractivity contribution in [1.82, 2.24) is 10.6 Å². The molecule has 1 saturated carbocycles. The van der Waals surface area contributed by atoms with Crippen molar-refractivity contribution in [3.63, 3.8) is 0 Å². The molecule has 0 spiro atoms. The molecule has 1 aliphatic rings. The second-order valence-electron chi connectivity index (χ2n) is 7.15. The number of nitrogens with one attached hydrogen (secondary N) is 2. The molecular formula is C17H28N2O2S. The second kappa shape index (κ2) is 7.01. The van der Waals surface area contributed by atoms with Gasteiger partial charge in [0.25, 0.3) is 0 Å². The van der Waals surface area contributed by atoms with E-state index in [1.165, 1.54) is 28.2 Å². The lowest BCUT2D eigenvalue weighted by atomic mass is 10.1. The fourth-order valence-corrected chi connectivity index (χ4v) is 3.46. The summed E-state index contributed by atoms with van der Waals surface area (Å²) in [6.07, 6.45) is 2.16. The highest BCUT2D eigenvalue weighted by atomic mass is 32.1. The number of hydrogen-bond acceptors (Lipinski definition) is 4. The lowest BCUT2D eigenvalue weighted by Crippen LogP contribution is -2.43. The second-order valence-corrected chi connectivity index (χ2v) is 8.61. The Hall–Kier alpha value is -1.07. The number of ether oxygens (including phenoxy) is 1. The largest absolute Gasteiger partial charge is 0.444 e. The van der Waals surface area contributed by atoms with Crippen LogP contribution in [0.2, 0.25) is 0 Å². The van der Waals surface area contributed by atoms with E-state index in [4.69, 9.17) is 4.74 Å². The molecule has 0 aromatic carbocycles. The lowest BCUT2D eigenvalue weighted by Gasteiger charge is -2.22. The van der Waals surface area contributed by atoms with Crippen molar-refractivity contribution < 1.29 is 9.53 Å². The van der Waals surface area contributed by atoms with Gasteiger partial charge in [-0.2, -0.15) is 0 Å². The maximum Gasteiger partial charge on any atom is 0.407 e. The van der Waals surface area contributed by atoms with Crippen molar-refractivity contribution in [2.75, 3.05) is 6.54 Å². The van der Waals surface area contributed by atoms with Gasteiger partial charge in [0.05, 0.1) is 0 Å². The van der Waals surface area contributed by atoms with Crippen LogP contribution in [0.4, 0.5) is 4.79 Å². The molecule has 1 aliphatic carbocycles. The van der Waals surface area contributed by atoms with Crippen LogP contribution in [0.1, 0.15) is 48.9 Å². The first-order valence-electron chi connectivity index (χ1n) is 8.01. The Morgan fingerprint density at radius 1 is 1.41 bits per heavy atom. The third-order valence-corrected chi connectivity index (χ3v) is 4.76. The van der Waals surface area contributed by atoms with E-state index >= 15 is 0 Å². The zero-order chi connectivity index (χ0) is 16.3. The summed E-state index contributed by atoms with van der Waals surface area (Å²) >= 11 is 1.84. The molecule has 0 aliphatic heterocycles. The van der Waals surface area contributed by atoms with Crippen molar-refractivity contribution in [2.45, 2.75) is 65.6 Å². The number of carbonyl (C=O) groups excluding carboxylic acids is 1. The van der Waals surface area contributed by atoms with E-state index in [-0.39, 0.29) is 6.09 Å². The number of thiophene rings is 1. The number of aryl methyl sites for hydroxylation is 2. The summed E-state index contributed by atoms with van der Waals surface area (Å²) in [6, 6.07) is 2.57. The first kappa shape index (κ1) is 17.3. The van der Waals surface area contributed by atoms with Crippen molar-refractivity contribution in [3.8, 4) is 0 Å². The van der Waals surface area contributed by atoms with Crippen molar-refractivity contribution >= 4 is 17.4 Å². The summed E-state index contributed by atoms with van der Waals surface area (Å²) in [4.78, 5) is 14.5. The van der Waals surface area contributed by atoms with Crippen molar-refractivity contribution in [1.29, 1.82) is 0 Å². The van der Waals surface area contributed by atoms with Gasteiger partial charge < -0.3 is 15.4 Å². The molecular weight excluding hydrogens is 296 g/mol. The Morgan fingerprint density at radius 2 is 2.09 bits per heavy atom. The summed E-state index contributed by atoms with van der Waals surface area (Å²) in [7, 11) is 0. The normalized spacial score (nSPS) is 16.4. The summed E-state index contributed by atoms with van der Waals surface area (Å²) in [6.45, 7) is 11.4. The van der Waals surface area contributed by atoms with Gasteiger partial charge in [-0.15, -0.1) is 11.3 Å². The minimum atomic E-state index is -0.447. The fraction of sp³-hybridized carbons (Fsp3) is 0.706. The summed E-state index contributed by atoms with van der Waals surface area (Å²) in [5.41, 5.74) is 0.920. The van der Waals surface area contributed by atoms with Gasteiger partial charge in [0, 0.05) is 28.9 Å².